The predicted molar refractivity (Wildman–Crippen MR) is 80.5 cm³/mol. The highest BCUT2D eigenvalue weighted by Crippen LogP contribution is 2.18. The van der Waals surface area contributed by atoms with Crippen molar-refractivity contribution in [2.24, 2.45) is 4.99 Å². The second-order valence-corrected chi connectivity index (χ2v) is 3.96. The van der Waals surface area contributed by atoms with Gasteiger partial charge in [0.1, 0.15) is 17.2 Å². The van der Waals surface area contributed by atoms with E-state index in [4.69, 9.17) is 4.42 Å². The van der Waals surface area contributed by atoms with Gasteiger partial charge < -0.3 is 9.52 Å². The first-order valence-electron chi connectivity index (χ1n) is 5.91. The zero-order valence-electron chi connectivity index (χ0n) is 10.7. The van der Waals surface area contributed by atoms with Crippen molar-refractivity contribution < 1.29 is 9.52 Å². The normalized spacial score (nSPS) is 10.6. The fraction of sp³-hybridized carbons (Fsp3) is 0. The van der Waals surface area contributed by atoms with Crippen LogP contribution in [0.2, 0.25) is 0 Å². The van der Waals surface area contributed by atoms with Gasteiger partial charge in [-0.05, 0) is 24.3 Å². The van der Waals surface area contributed by atoms with E-state index in [9.17, 15) is 9.90 Å². The minimum atomic E-state index is -0.572. The zero-order valence-corrected chi connectivity index (χ0v) is 10.7. The van der Waals surface area contributed by atoms with Gasteiger partial charge in [-0.1, -0.05) is 31.4 Å². The molecule has 4 nitrogen and oxygen atoms in total. The van der Waals surface area contributed by atoms with E-state index >= 15 is 0 Å². The quantitative estimate of drug-likeness (QED) is 0.864. The second-order valence-electron chi connectivity index (χ2n) is 3.96. The van der Waals surface area contributed by atoms with Gasteiger partial charge in [-0.2, -0.15) is 0 Å². The number of hydrogen-bond acceptors (Lipinski definition) is 4. The third kappa shape index (κ3) is 2.75. The van der Waals surface area contributed by atoms with Gasteiger partial charge in [-0.15, -0.1) is 0 Å². The van der Waals surface area contributed by atoms with Gasteiger partial charge in [0.25, 0.3) is 0 Å². The molecule has 0 saturated heterocycles. The molecule has 0 aliphatic carbocycles. The Balaban J connectivity index is 2.44. The monoisotopic (exact) mass is 267 g/mol. The van der Waals surface area contributed by atoms with E-state index in [-0.39, 0.29) is 11.4 Å². The number of rotatable bonds is 4. The average molecular weight is 267 g/mol. The van der Waals surface area contributed by atoms with Crippen molar-refractivity contribution in [1.82, 2.24) is 0 Å². The summed E-state index contributed by atoms with van der Waals surface area (Å²) in [6, 6.07) is 8.26. The Morgan fingerprint density at radius 2 is 1.90 bits per heavy atom. The van der Waals surface area contributed by atoms with Crippen molar-refractivity contribution >= 4 is 24.1 Å². The first kappa shape index (κ1) is 13.5. The molecule has 0 spiro atoms. The average Bonchev–Trinajstić information content (AvgIpc) is 2.47. The van der Waals surface area contributed by atoms with Gasteiger partial charge in [0.15, 0.2) is 0 Å². The highest BCUT2D eigenvalue weighted by molar-refractivity contribution is 5.85. The molecule has 0 unspecified atom stereocenters. The zero-order chi connectivity index (χ0) is 14.5. The highest BCUT2D eigenvalue weighted by Gasteiger charge is 2.06. The maximum Gasteiger partial charge on any atom is 0.362 e. The molecule has 0 fully saturated rings. The van der Waals surface area contributed by atoms with Crippen LogP contribution in [-0.4, -0.2) is 11.3 Å². The molecule has 0 bridgehead atoms. The SMILES string of the molecule is C=Cc1cc(N=Cc2ccccc2O)c(=O)oc1C=C. The minimum absolute atomic E-state index is 0.0901. The molecule has 100 valence electrons. The first-order chi connectivity index (χ1) is 9.65. The van der Waals surface area contributed by atoms with Gasteiger partial charge in [0.05, 0.1) is 0 Å². The summed E-state index contributed by atoms with van der Waals surface area (Å²) in [6.45, 7) is 7.20. The summed E-state index contributed by atoms with van der Waals surface area (Å²) in [7, 11) is 0. The maximum absolute atomic E-state index is 11.7. The fourth-order valence-electron chi connectivity index (χ4n) is 1.63. The Kier molecular flexibility index (Phi) is 3.96. The Bertz CT molecular complexity index is 742. The van der Waals surface area contributed by atoms with Gasteiger partial charge in [-0.25, -0.2) is 9.79 Å². The molecule has 1 aromatic carbocycles. The van der Waals surface area contributed by atoms with Crippen molar-refractivity contribution in [3.8, 4) is 5.75 Å². The summed E-state index contributed by atoms with van der Waals surface area (Å²) in [6.07, 6.45) is 4.40. The van der Waals surface area contributed by atoms with Crippen molar-refractivity contribution in [1.29, 1.82) is 0 Å². The van der Waals surface area contributed by atoms with Crippen molar-refractivity contribution in [2.45, 2.75) is 0 Å². The Hall–Kier alpha value is -2.88. The largest absolute Gasteiger partial charge is 0.507 e. The van der Waals surface area contributed by atoms with Crippen LogP contribution in [0.25, 0.3) is 12.2 Å². The molecule has 0 saturated carbocycles. The number of phenols is 1. The standard InChI is InChI=1S/C16H13NO3/c1-3-11-9-13(16(19)20-15(11)4-2)17-10-12-7-5-6-8-14(12)18/h3-10,18H,1-2H2. The number of nitrogens with zero attached hydrogens (tertiary/aromatic N) is 1. The number of aliphatic imine (C=N–C) groups is 1. The summed E-state index contributed by atoms with van der Waals surface area (Å²) < 4.78 is 5.08. The van der Waals surface area contributed by atoms with Gasteiger partial charge in [0, 0.05) is 17.3 Å². The van der Waals surface area contributed by atoms with Crippen LogP contribution in [0, 0.1) is 0 Å². The summed E-state index contributed by atoms with van der Waals surface area (Å²) in [5.74, 6) is 0.443. The van der Waals surface area contributed by atoms with Crippen molar-refractivity contribution in [2.75, 3.05) is 0 Å². The molecule has 1 aromatic heterocycles. The number of para-hydroxylation sites is 1. The Morgan fingerprint density at radius 3 is 2.55 bits per heavy atom. The van der Waals surface area contributed by atoms with E-state index in [0.29, 0.717) is 16.9 Å². The van der Waals surface area contributed by atoms with Crippen molar-refractivity contribution in [3.05, 3.63) is 70.8 Å². The van der Waals surface area contributed by atoms with Gasteiger partial charge in [-0.3, -0.25) is 0 Å². The van der Waals surface area contributed by atoms with E-state index < -0.39 is 5.63 Å². The number of hydrogen-bond donors (Lipinski definition) is 1. The lowest BCUT2D eigenvalue weighted by atomic mass is 10.2. The molecule has 0 amide bonds. The van der Waals surface area contributed by atoms with Crippen LogP contribution in [0.15, 0.2) is 57.7 Å². The van der Waals surface area contributed by atoms with Crippen LogP contribution in [0.5, 0.6) is 5.75 Å². The number of phenolic OH excluding ortho intramolecular Hbond substituents is 1. The molecule has 1 heterocycles. The molecule has 4 heteroatoms. The van der Waals surface area contributed by atoms with E-state index in [1.807, 2.05) is 0 Å². The molecular weight excluding hydrogens is 254 g/mol. The van der Waals surface area contributed by atoms with E-state index in [2.05, 4.69) is 18.2 Å². The lowest BCUT2D eigenvalue weighted by Gasteiger charge is -2.00. The first-order valence-corrected chi connectivity index (χ1v) is 5.91. The van der Waals surface area contributed by atoms with Crippen LogP contribution in [0.1, 0.15) is 16.9 Å². The molecule has 2 rings (SSSR count). The third-order valence-electron chi connectivity index (χ3n) is 2.67. The summed E-state index contributed by atoms with van der Waals surface area (Å²) in [5, 5.41) is 9.62. The molecule has 2 aromatic rings. The lowest BCUT2D eigenvalue weighted by Crippen LogP contribution is -2.01. The highest BCUT2D eigenvalue weighted by atomic mass is 16.4. The molecule has 0 aliphatic heterocycles. The Labute approximate surface area is 116 Å². The van der Waals surface area contributed by atoms with Gasteiger partial charge in [0.2, 0.25) is 0 Å². The van der Waals surface area contributed by atoms with Gasteiger partial charge >= 0.3 is 5.63 Å². The van der Waals surface area contributed by atoms with Crippen LogP contribution in [0.3, 0.4) is 0 Å². The van der Waals surface area contributed by atoms with Crippen molar-refractivity contribution in [3.63, 3.8) is 0 Å². The summed E-state index contributed by atoms with van der Waals surface area (Å²) in [5.41, 5.74) is 0.704. The van der Waals surface area contributed by atoms with E-state index in [1.54, 1.807) is 36.4 Å². The molecular formula is C16H13NO3. The molecule has 0 radical (unpaired) electrons. The minimum Gasteiger partial charge on any atom is -0.507 e. The van der Waals surface area contributed by atoms with E-state index in [0.717, 1.165) is 0 Å². The smallest absolute Gasteiger partial charge is 0.362 e. The maximum atomic E-state index is 11.7. The second kappa shape index (κ2) is 5.84. The van der Waals surface area contributed by atoms with Crippen LogP contribution in [-0.2, 0) is 0 Å². The molecule has 0 aliphatic rings. The Morgan fingerprint density at radius 1 is 1.15 bits per heavy atom. The fourth-order valence-corrected chi connectivity index (χ4v) is 1.63. The summed E-state index contributed by atoms with van der Waals surface area (Å²) in [4.78, 5) is 15.8. The van der Waals surface area contributed by atoms with E-state index in [1.165, 1.54) is 12.3 Å². The molecule has 1 N–H and O–H groups in total. The lowest BCUT2D eigenvalue weighted by molar-refractivity contribution is 0.474. The topological polar surface area (TPSA) is 62.8 Å². The van der Waals surface area contributed by atoms with Crippen LogP contribution in [0.4, 0.5) is 5.69 Å². The molecule has 20 heavy (non-hydrogen) atoms. The number of benzene rings is 1. The number of aromatic hydroxyl groups is 1. The van der Waals surface area contributed by atoms with Crippen LogP contribution < -0.4 is 5.63 Å². The predicted octanol–water partition coefficient (Wildman–Crippen LogP) is 3.38. The third-order valence-corrected chi connectivity index (χ3v) is 2.67. The van der Waals surface area contributed by atoms with Crippen LogP contribution >= 0.6 is 0 Å². The molecule has 0 atom stereocenters. The summed E-state index contributed by atoms with van der Waals surface area (Å²) >= 11 is 0.